The smallest absolute Gasteiger partial charge is 0.322 e. The summed E-state index contributed by atoms with van der Waals surface area (Å²) in [4.78, 5) is 13.3. The van der Waals surface area contributed by atoms with Gasteiger partial charge in [-0.05, 0) is 31.0 Å². The predicted octanol–water partition coefficient (Wildman–Crippen LogP) is 2.37. The van der Waals surface area contributed by atoms with E-state index in [0.717, 1.165) is 12.0 Å². The molecule has 5 heteroatoms. The number of urea groups is 1. The summed E-state index contributed by atoms with van der Waals surface area (Å²) in [6.45, 7) is 4.38. The van der Waals surface area contributed by atoms with Gasteiger partial charge >= 0.3 is 6.03 Å². The van der Waals surface area contributed by atoms with Crippen molar-refractivity contribution in [2.24, 2.45) is 0 Å². The highest BCUT2D eigenvalue weighted by Gasteiger charge is 2.13. The van der Waals surface area contributed by atoms with E-state index >= 15 is 0 Å². The molecule has 0 heterocycles. The molecule has 0 atom stereocenters. The van der Waals surface area contributed by atoms with Crippen LogP contribution in [0, 0.1) is 12.7 Å². The van der Waals surface area contributed by atoms with E-state index in [1.165, 1.54) is 17.0 Å². The Hall–Kier alpha value is -1.62. The van der Waals surface area contributed by atoms with Crippen molar-refractivity contribution < 1.29 is 14.3 Å². The summed E-state index contributed by atoms with van der Waals surface area (Å²) in [5, 5.41) is 11.4. The second-order valence-corrected chi connectivity index (χ2v) is 4.12. The molecule has 0 radical (unpaired) electrons. The Morgan fingerprint density at radius 2 is 2.17 bits per heavy atom. The van der Waals surface area contributed by atoms with Crippen molar-refractivity contribution in [3.05, 3.63) is 29.6 Å². The highest BCUT2D eigenvalue weighted by molar-refractivity contribution is 5.89. The van der Waals surface area contributed by atoms with Gasteiger partial charge in [0.2, 0.25) is 0 Å². The molecule has 1 aromatic rings. The maximum atomic E-state index is 13.6. The molecule has 4 nitrogen and oxygen atoms in total. The van der Waals surface area contributed by atoms with Gasteiger partial charge in [0.1, 0.15) is 5.82 Å². The molecule has 2 amide bonds. The quantitative estimate of drug-likeness (QED) is 0.847. The Morgan fingerprint density at radius 3 is 2.72 bits per heavy atom. The van der Waals surface area contributed by atoms with E-state index in [2.05, 4.69) is 5.32 Å². The van der Waals surface area contributed by atoms with Crippen LogP contribution in [0.3, 0.4) is 0 Å². The number of aryl methyl sites for hydroxylation is 1. The van der Waals surface area contributed by atoms with Crippen molar-refractivity contribution in [3.63, 3.8) is 0 Å². The van der Waals surface area contributed by atoms with Gasteiger partial charge in [-0.25, -0.2) is 9.18 Å². The monoisotopic (exact) mass is 254 g/mol. The summed E-state index contributed by atoms with van der Waals surface area (Å²) in [6, 6.07) is 4.24. The van der Waals surface area contributed by atoms with Crippen LogP contribution in [-0.4, -0.2) is 35.7 Å². The van der Waals surface area contributed by atoms with E-state index in [0.29, 0.717) is 6.54 Å². The van der Waals surface area contributed by atoms with Crippen LogP contribution >= 0.6 is 0 Å². The van der Waals surface area contributed by atoms with E-state index in [1.54, 1.807) is 13.0 Å². The lowest BCUT2D eigenvalue weighted by atomic mass is 10.2. The molecule has 0 aliphatic rings. The lowest BCUT2D eigenvalue weighted by Gasteiger charge is -2.21. The van der Waals surface area contributed by atoms with E-state index in [4.69, 9.17) is 5.11 Å². The molecule has 100 valence electrons. The molecule has 1 aromatic carbocycles. The number of hydrogen-bond donors (Lipinski definition) is 2. The Balaban J connectivity index is 2.72. The number of carbonyl (C=O) groups excluding carboxylic acids is 1. The number of amides is 2. The van der Waals surface area contributed by atoms with Crippen molar-refractivity contribution >= 4 is 11.7 Å². The first-order valence-electron chi connectivity index (χ1n) is 6.01. The molecule has 0 spiro atoms. The molecule has 0 saturated heterocycles. The zero-order valence-corrected chi connectivity index (χ0v) is 10.7. The summed E-state index contributed by atoms with van der Waals surface area (Å²) in [5.74, 6) is -0.455. The lowest BCUT2D eigenvalue weighted by molar-refractivity contribution is 0.188. The van der Waals surface area contributed by atoms with E-state index in [-0.39, 0.29) is 18.8 Å². The van der Waals surface area contributed by atoms with Gasteiger partial charge < -0.3 is 15.3 Å². The average molecular weight is 254 g/mol. The van der Waals surface area contributed by atoms with Crippen LogP contribution in [-0.2, 0) is 0 Å². The van der Waals surface area contributed by atoms with E-state index < -0.39 is 11.8 Å². The maximum Gasteiger partial charge on any atom is 0.322 e. The molecule has 1 rings (SSSR count). The number of rotatable bonds is 5. The first-order chi connectivity index (χ1) is 8.58. The Kier molecular flexibility index (Phi) is 5.58. The van der Waals surface area contributed by atoms with Gasteiger partial charge in [0.05, 0.1) is 12.3 Å². The first-order valence-corrected chi connectivity index (χ1v) is 6.01. The minimum atomic E-state index is -0.455. The number of nitrogens with one attached hydrogen (secondary N) is 1. The summed E-state index contributed by atoms with van der Waals surface area (Å²) in [7, 11) is 0. The third-order valence-electron chi connectivity index (χ3n) is 2.52. The molecular weight excluding hydrogens is 235 g/mol. The fourth-order valence-electron chi connectivity index (χ4n) is 1.62. The fraction of sp³-hybridized carbons (Fsp3) is 0.462. The number of benzene rings is 1. The van der Waals surface area contributed by atoms with Crippen LogP contribution in [0.1, 0.15) is 18.9 Å². The molecular formula is C13H19FN2O2. The van der Waals surface area contributed by atoms with Crippen LogP contribution in [0.5, 0.6) is 0 Å². The summed E-state index contributed by atoms with van der Waals surface area (Å²) >= 11 is 0. The van der Waals surface area contributed by atoms with Crippen molar-refractivity contribution in [1.82, 2.24) is 4.90 Å². The molecule has 0 fully saturated rings. The number of aliphatic hydroxyl groups is 1. The number of anilines is 1. The van der Waals surface area contributed by atoms with Crippen LogP contribution < -0.4 is 5.32 Å². The maximum absolute atomic E-state index is 13.6. The van der Waals surface area contributed by atoms with E-state index in [1.807, 2.05) is 6.92 Å². The topological polar surface area (TPSA) is 52.6 Å². The highest BCUT2D eigenvalue weighted by Crippen LogP contribution is 2.15. The predicted molar refractivity (Wildman–Crippen MR) is 69.1 cm³/mol. The molecule has 0 saturated carbocycles. The number of carbonyl (C=O) groups is 1. The molecule has 0 bridgehead atoms. The molecule has 2 N–H and O–H groups in total. The van der Waals surface area contributed by atoms with Gasteiger partial charge in [-0.3, -0.25) is 0 Å². The minimum Gasteiger partial charge on any atom is -0.395 e. The van der Waals surface area contributed by atoms with Crippen LogP contribution in [0.25, 0.3) is 0 Å². The zero-order chi connectivity index (χ0) is 13.5. The minimum absolute atomic E-state index is 0.107. The average Bonchev–Trinajstić information content (AvgIpc) is 2.32. The van der Waals surface area contributed by atoms with Gasteiger partial charge in [0.25, 0.3) is 0 Å². The van der Waals surface area contributed by atoms with Crippen molar-refractivity contribution in [2.45, 2.75) is 20.3 Å². The Morgan fingerprint density at radius 1 is 1.44 bits per heavy atom. The first kappa shape index (κ1) is 14.4. The van der Waals surface area contributed by atoms with Crippen LogP contribution in [0.15, 0.2) is 18.2 Å². The second kappa shape index (κ2) is 6.96. The van der Waals surface area contributed by atoms with Crippen LogP contribution in [0.2, 0.25) is 0 Å². The Bertz CT molecular complexity index is 404. The third-order valence-corrected chi connectivity index (χ3v) is 2.52. The number of hydrogen-bond acceptors (Lipinski definition) is 2. The van der Waals surface area contributed by atoms with Crippen molar-refractivity contribution in [1.29, 1.82) is 0 Å². The van der Waals surface area contributed by atoms with Gasteiger partial charge in [0, 0.05) is 13.1 Å². The number of halogens is 1. The molecule has 0 aliphatic heterocycles. The summed E-state index contributed by atoms with van der Waals surface area (Å²) < 4.78 is 13.6. The molecule has 0 aromatic heterocycles. The van der Waals surface area contributed by atoms with Gasteiger partial charge in [-0.2, -0.15) is 0 Å². The Labute approximate surface area is 106 Å². The molecule has 0 unspecified atom stereocenters. The van der Waals surface area contributed by atoms with Crippen molar-refractivity contribution in [2.75, 3.05) is 25.0 Å². The SMILES string of the molecule is CCCN(CCO)C(=O)Nc1ccc(C)cc1F. The standard InChI is InChI=1S/C13H19FN2O2/c1-3-6-16(7-8-17)13(18)15-12-5-4-10(2)9-11(12)14/h4-5,9,17H,3,6-8H2,1-2H3,(H,15,18). The summed E-state index contributed by atoms with van der Waals surface area (Å²) in [6.07, 6.45) is 0.782. The van der Waals surface area contributed by atoms with Gasteiger partial charge in [-0.15, -0.1) is 0 Å². The normalized spacial score (nSPS) is 10.2. The van der Waals surface area contributed by atoms with E-state index in [9.17, 15) is 9.18 Å². The molecule has 18 heavy (non-hydrogen) atoms. The molecule has 0 aliphatic carbocycles. The second-order valence-electron chi connectivity index (χ2n) is 4.12. The van der Waals surface area contributed by atoms with Gasteiger partial charge in [0.15, 0.2) is 0 Å². The van der Waals surface area contributed by atoms with Crippen molar-refractivity contribution in [3.8, 4) is 0 Å². The lowest BCUT2D eigenvalue weighted by Crippen LogP contribution is -2.37. The largest absolute Gasteiger partial charge is 0.395 e. The number of nitrogens with zero attached hydrogens (tertiary/aromatic N) is 1. The highest BCUT2D eigenvalue weighted by atomic mass is 19.1. The fourth-order valence-corrected chi connectivity index (χ4v) is 1.62. The van der Waals surface area contributed by atoms with Crippen LogP contribution in [0.4, 0.5) is 14.9 Å². The zero-order valence-electron chi connectivity index (χ0n) is 10.7. The third kappa shape index (κ3) is 4.00. The summed E-state index contributed by atoms with van der Waals surface area (Å²) in [5.41, 5.74) is 0.955. The number of aliphatic hydroxyl groups excluding tert-OH is 1. The van der Waals surface area contributed by atoms with Gasteiger partial charge in [-0.1, -0.05) is 13.0 Å².